The molecule has 0 aliphatic carbocycles. The second kappa shape index (κ2) is 10.0. The zero-order valence-corrected chi connectivity index (χ0v) is 19.0. The van der Waals surface area contributed by atoms with Crippen LogP contribution in [-0.4, -0.2) is 22.7 Å². The van der Waals surface area contributed by atoms with E-state index in [4.69, 9.17) is 28.3 Å². The summed E-state index contributed by atoms with van der Waals surface area (Å²) in [5.74, 6) is -0.971. The van der Waals surface area contributed by atoms with Crippen LogP contribution in [0.15, 0.2) is 59.4 Å². The van der Waals surface area contributed by atoms with Crippen LogP contribution in [0, 0.1) is 0 Å². The molecule has 0 amide bonds. The molecule has 31 heavy (non-hydrogen) atoms. The zero-order valence-electron chi connectivity index (χ0n) is 17.4. The van der Waals surface area contributed by atoms with E-state index in [1.807, 2.05) is 24.1 Å². The monoisotopic (exact) mass is 458 g/mol. The van der Waals surface area contributed by atoms with Crippen molar-refractivity contribution in [3.8, 4) is 0 Å². The summed E-state index contributed by atoms with van der Waals surface area (Å²) < 4.78 is 1.61. The van der Waals surface area contributed by atoms with Crippen LogP contribution >= 0.6 is 23.2 Å². The zero-order chi connectivity index (χ0) is 22.5. The van der Waals surface area contributed by atoms with Crippen LogP contribution in [-0.2, 0) is 25.9 Å². The minimum atomic E-state index is -0.971. The third kappa shape index (κ3) is 5.49. The van der Waals surface area contributed by atoms with Crippen molar-refractivity contribution in [1.82, 2.24) is 4.57 Å². The number of rotatable bonds is 8. The van der Waals surface area contributed by atoms with Crippen molar-refractivity contribution < 1.29 is 9.90 Å². The predicted molar refractivity (Wildman–Crippen MR) is 126 cm³/mol. The fourth-order valence-electron chi connectivity index (χ4n) is 3.42. The maximum atomic E-state index is 12.8. The van der Waals surface area contributed by atoms with Crippen molar-refractivity contribution in [3.05, 3.63) is 97.4 Å². The lowest BCUT2D eigenvalue weighted by Crippen LogP contribution is -2.29. The number of pyridine rings is 1. The lowest BCUT2D eigenvalue weighted by atomic mass is 10.1. The molecule has 0 unspecified atom stereocenters. The molecular formula is C24H24Cl2N2O3. The molecule has 5 nitrogen and oxygen atoms in total. The fourth-order valence-corrected chi connectivity index (χ4v) is 3.96. The molecule has 2 aromatic carbocycles. The van der Waals surface area contributed by atoms with E-state index >= 15 is 0 Å². The third-order valence-corrected chi connectivity index (χ3v) is 5.87. The number of aryl methyl sites for hydroxylation is 2. The van der Waals surface area contributed by atoms with Gasteiger partial charge in [-0.15, -0.1) is 0 Å². The van der Waals surface area contributed by atoms with E-state index < -0.39 is 5.97 Å². The van der Waals surface area contributed by atoms with Gasteiger partial charge in [0.25, 0.3) is 5.56 Å². The summed E-state index contributed by atoms with van der Waals surface area (Å²) in [7, 11) is 1.96. The van der Waals surface area contributed by atoms with Crippen LogP contribution in [0.25, 0.3) is 0 Å². The minimum Gasteiger partial charge on any atom is -0.478 e. The number of anilines is 1. The Kier molecular flexibility index (Phi) is 7.42. The van der Waals surface area contributed by atoms with Gasteiger partial charge in [-0.1, -0.05) is 54.4 Å². The van der Waals surface area contributed by atoms with E-state index in [1.165, 1.54) is 11.6 Å². The van der Waals surface area contributed by atoms with Crippen LogP contribution in [0.3, 0.4) is 0 Å². The molecule has 0 bridgehead atoms. The van der Waals surface area contributed by atoms with Crippen LogP contribution in [0.4, 0.5) is 5.69 Å². The summed E-state index contributed by atoms with van der Waals surface area (Å²) in [6.45, 7) is 2.93. The average molecular weight is 459 g/mol. The second-order valence-electron chi connectivity index (χ2n) is 7.38. The largest absolute Gasteiger partial charge is 0.478 e. The molecular weight excluding hydrogens is 435 g/mol. The van der Waals surface area contributed by atoms with Gasteiger partial charge in [0.2, 0.25) is 0 Å². The normalized spacial score (nSPS) is 10.8. The van der Waals surface area contributed by atoms with Gasteiger partial charge in [-0.05, 0) is 54.3 Å². The number of carboxylic acids is 1. The lowest BCUT2D eigenvalue weighted by Gasteiger charge is -2.23. The lowest BCUT2D eigenvalue weighted by molar-refractivity contribution is 0.0697. The van der Waals surface area contributed by atoms with Gasteiger partial charge in [0.15, 0.2) is 0 Å². The highest BCUT2D eigenvalue weighted by Gasteiger charge is 2.15. The summed E-state index contributed by atoms with van der Waals surface area (Å²) >= 11 is 12.6. The molecule has 0 spiro atoms. The average Bonchev–Trinajstić information content (AvgIpc) is 2.77. The highest BCUT2D eigenvalue weighted by atomic mass is 35.5. The van der Waals surface area contributed by atoms with Crippen molar-refractivity contribution in [2.24, 2.45) is 0 Å². The Morgan fingerprint density at radius 3 is 2.39 bits per heavy atom. The number of nitrogens with zero attached hydrogens (tertiary/aromatic N) is 2. The van der Waals surface area contributed by atoms with Crippen molar-refractivity contribution in [2.75, 3.05) is 11.9 Å². The number of aromatic carboxylic acids is 1. The number of halogens is 2. The molecule has 0 radical (unpaired) electrons. The molecule has 0 saturated heterocycles. The molecule has 0 atom stereocenters. The standard InChI is InChI=1S/C24H24Cl2N2O3/c1-3-16-5-4-6-19(13-16)27(2)15-22-20(25)14-21(26)23(29)28(22)12-11-17-7-9-18(10-8-17)24(30)31/h4-10,13-14H,3,11-12,15H2,1-2H3,(H,30,31). The van der Waals surface area contributed by atoms with Crippen molar-refractivity contribution in [3.63, 3.8) is 0 Å². The maximum Gasteiger partial charge on any atom is 0.335 e. The van der Waals surface area contributed by atoms with Gasteiger partial charge in [0, 0.05) is 19.3 Å². The first kappa shape index (κ1) is 22.9. The number of carboxylic acid groups (broad SMARTS) is 1. The quantitative estimate of drug-likeness (QED) is 0.497. The molecule has 0 saturated carbocycles. The van der Waals surface area contributed by atoms with E-state index in [1.54, 1.807) is 28.8 Å². The Bertz CT molecular complexity index is 1140. The number of hydrogen-bond acceptors (Lipinski definition) is 3. The van der Waals surface area contributed by atoms with Crippen molar-refractivity contribution >= 4 is 34.9 Å². The third-order valence-electron chi connectivity index (χ3n) is 5.28. The Hall–Kier alpha value is -2.76. The van der Waals surface area contributed by atoms with E-state index in [2.05, 4.69) is 19.1 Å². The van der Waals surface area contributed by atoms with E-state index in [-0.39, 0.29) is 16.1 Å². The van der Waals surface area contributed by atoms with Crippen molar-refractivity contribution in [1.29, 1.82) is 0 Å². The molecule has 0 aliphatic heterocycles. The van der Waals surface area contributed by atoms with Crippen LogP contribution in [0.2, 0.25) is 10.0 Å². The van der Waals surface area contributed by atoms with Gasteiger partial charge >= 0.3 is 5.97 Å². The maximum absolute atomic E-state index is 12.8. The van der Waals surface area contributed by atoms with Crippen LogP contribution in [0.5, 0.6) is 0 Å². The molecule has 1 N–H and O–H groups in total. The molecule has 3 rings (SSSR count). The second-order valence-corrected chi connectivity index (χ2v) is 8.19. The smallest absolute Gasteiger partial charge is 0.335 e. The van der Waals surface area contributed by atoms with Gasteiger partial charge in [0.1, 0.15) is 5.02 Å². The molecule has 3 aromatic rings. The summed E-state index contributed by atoms with van der Waals surface area (Å²) in [5.41, 5.74) is 3.80. The van der Waals surface area contributed by atoms with Crippen LogP contribution < -0.4 is 10.5 Å². The summed E-state index contributed by atoms with van der Waals surface area (Å²) in [4.78, 5) is 25.9. The topological polar surface area (TPSA) is 62.5 Å². The summed E-state index contributed by atoms with van der Waals surface area (Å²) in [6.07, 6.45) is 1.48. The molecule has 7 heteroatoms. The van der Waals surface area contributed by atoms with E-state index in [9.17, 15) is 9.59 Å². The first-order chi connectivity index (χ1) is 14.8. The highest BCUT2D eigenvalue weighted by Crippen LogP contribution is 2.23. The van der Waals surface area contributed by atoms with Gasteiger partial charge < -0.3 is 14.6 Å². The number of hydrogen-bond donors (Lipinski definition) is 1. The first-order valence-electron chi connectivity index (χ1n) is 10.00. The summed E-state index contributed by atoms with van der Waals surface area (Å²) in [5, 5.41) is 9.56. The van der Waals surface area contributed by atoms with E-state index in [0.717, 1.165) is 17.7 Å². The van der Waals surface area contributed by atoms with Crippen LogP contribution in [0.1, 0.15) is 34.1 Å². The molecule has 0 fully saturated rings. The minimum absolute atomic E-state index is 0.0746. The number of aromatic nitrogens is 1. The molecule has 162 valence electrons. The Balaban J connectivity index is 1.87. The summed E-state index contributed by atoms with van der Waals surface area (Å²) in [6, 6.07) is 16.4. The number of carbonyl (C=O) groups is 1. The van der Waals surface area contributed by atoms with E-state index in [0.29, 0.717) is 30.2 Å². The molecule has 0 aliphatic rings. The van der Waals surface area contributed by atoms with Crippen molar-refractivity contribution in [2.45, 2.75) is 32.9 Å². The Morgan fingerprint density at radius 1 is 1.03 bits per heavy atom. The van der Waals surface area contributed by atoms with Gasteiger partial charge in [-0.25, -0.2) is 4.79 Å². The van der Waals surface area contributed by atoms with Gasteiger partial charge in [-0.2, -0.15) is 0 Å². The van der Waals surface area contributed by atoms with Gasteiger partial charge in [-0.3, -0.25) is 4.79 Å². The Morgan fingerprint density at radius 2 is 1.74 bits per heavy atom. The first-order valence-corrected chi connectivity index (χ1v) is 10.8. The molecule has 1 heterocycles. The number of benzene rings is 2. The van der Waals surface area contributed by atoms with Gasteiger partial charge in [0.05, 0.1) is 22.8 Å². The SMILES string of the molecule is CCc1cccc(N(C)Cc2c(Cl)cc(Cl)c(=O)n2CCc2ccc(C(=O)O)cc2)c1. The highest BCUT2D eigenvalue weighted by molar-refractivity contribution is 6.34. The fraction of sp³-hybridized carbons (Fsp3) is 0.250. The predicted octanol–water partition coefficient (Wildman–Crippen LogP) is 5.29. The molecule has 1 aromatic heterocycles. The Labute approximate surface area is 191 Å².